The first-order chi connectivity index (χ1) is 7.66. The molecule has 0 radical (unpaired) electrons. The molecule has 0 atom stereocenters. The molecule has 0 aliphatic heterocycles. The number of nitrogen functional groups attached to an aromatic ring is 1. The molecule has 1 aromatic heterocycles. The van der Waals surface area contributed by atoms with Crippen LogP contribution >= 0.6 is 0 Å². The number of nitrogens with one attached hydrogen (secondary N) is 1. The fourth-order valence-electron chi connectivity index (χ4n) is 1.37. The Hall–Kier alpha value is -2.10. The number of rotatable bonds is 2. The van der Waals surface area contributed by atoms with Gasteiger partial charge in [-0.25, -0.2) is 9.37 Å². The van der Waals surface area contributed by atoms with Crippen LogP contribution < -0.4 is 11.1 Å². The third kappa shape index (κ3) is 2.11. The van der Waals surface area contributed by atoms with Crippen molar-refractivity contribution in [1.29, 1.82) is 0 Å². The number of aromatic nitrogens is 1. The lowest BCUT2D eigenvalue weighted by atomic mass is 10.2. The Balaban J connectivity index is 2.31. The van der Waals surface area contributed by atoms with E-state index >= 15 is 0 Å². The summed E-state index contributed by atoms with van der Waals surface area (Å²) in [5, 5.41) is 2.98. The number of anilines is 3. The number of aryl methyl sites for hydroxylation is 1. The van der Waals surface area contributed by atoms with Crippen molar-refractivity contribution in [1.82, 2.24) is 4.98 Å². The zero-order valence-electron chi connectivity index (χ0n) is 8.87. The summed E-state index contributed by atoms with van der Waals surface area (Å²) in [5.41, 5.74) is 7.99. The maximum Gasteiger partial charge on any atom is 0.153 e. The maximum absolute atomic E-state index is 13.0. The SMILES string of the molecule is Cc1ccnc(Nc2cccc(F)c2)c1N. The van der Waals surface area contributed by atoms with E-state index in [4.69, 9.17) is 5.73 Å². The Morgan fingerprint density at radius 2 is 2.12 bits per heavy atom. The van der Waals surface area contributed by atoms with Crippen LogP contribution in [0.1, 0.15) is 5.56 Å². The Morgan fingerprint density at radius 1 is 1.31 bits per heavy atom. The standard InChI is InChI=1S/C12H12FN3/c1-8-5-6-15-12(11(8)14)16-10-4-2-3-9(13)7-10/h2-7H,14H2,1H3,(H,15,16). The number of pyridine rings is 1. The molecular weight excluding hydrogens is 205 g/mol. The smallest absolute Gasteiger partial charge is 0.153 e. The molecule has 0 unspecified atom stereocenters. The first kappa shape index (κ1) is 10.4. The topological polar surface area (TPSA) is 50.9 Å². The van der Waals surface area contributed by atoms with Gasteiger partial charge in [-0.15, -0.1) is 0 Å². The highest BCUT2D eigenvalue weighted by atomic mass is 19.1. The van der Waals surface area contributed by atoms with E-state index in [0.717, 1.165) is 5.56 Å². The minimum atomic E-state index is -0.295. The van der Waals surface area contributed by atoms with E-state index in [-0.39, 0.29) is 5.82 Å². The second-order valence-corrected chi connectivity index (χ2v) is 3.53. The van der Waals surface area contributed by atoms with Gasteiger partial charge >= 0.3 is 0 Å². The van der Waals surface area contributed by atoms with Crippen molar-refractivity contribution >= 4 is 17.2 Å². The van der Waals surface area contributed by atoms with Crippen molar-refractivity contribution in [2.24, 2.45) is 0 Å². The highest BCUT2D eigenvalue weighted by Crippen LogP contribution is 2.23. The van der Waals surface area contributed by atoms with Crippen LogP contribution in [0.15, 0.2) is 36.5 Å². The van der Waals surface area contributed by atoms with E-state index in [2.05, 4.69) is 10.3 Å². The highest BCUT2D eigenvalue weighted by Gasteiger charge is 2.03. The van der Waals surface area contributed by atoms with Crippen LogP contribution in [-0.2, 0) is 0 Å². The molecule has 0 saturated heterocycles. The maximum atomic E-state index is 13.0. The molecule has 82 valence electrons. The average molecular weight is 217 g/mol. The number of nitrogens with zero attached hydrogens (tertiary/aromatic N) is 1. The lowest BCUT2D eigenvalue weighted by Crippen LogP contribution is -2.00. The van der Waals surface area contributed by atoms with Gasteiger partial charge in [-0.1, -0.05) is 6.07 Å². The number of halogens is 1. The number of nitrogens with two attached hydrogens (primary N) is 1. The average Bonchev–Trinajstić information content (AvgIpc) is 2.25. The number of hydrogen-bond donors (Lipinski definition) is 2. The first-order valence-electron chi connectivity index (χ1n) is 4.90. The summed E-state index contributed by atoms with van der Waals surface area (Å²) in [5.74, 6) is 0.252. The van der Waals surface area contributed by atoms with Crippen LogP contribution in [0.4, 0.5) is 21.6 Å². The molecule has 0 aliphatic carbocycles. The van der Waals surface area contributed by atoms with Gasteiger partial charge in [-0.3, -0.25) is 0 Å². The molecule has 0 saturated carbocycles. The van der Waals surface area contributed by atoms with Gasteiger partial charge < -0.3 is 11.1 Å². The normalized spacial score (nSPS) is 10.1. The van der Waals surface area contributed by atoms with Crippen LogP contribution in [0.3, 0.4) is 0 Å². The molecule has 0 bridgehead atoms. The third-order valence-corrected chi connectivity index (χ3v) is 2.30. The largest absolute Gasteiger partial charge is 0.396 e. The highest BCUT2D eigenvalue weighted by molar-refractivity contribution is 5.70. The molecule has 3 nitrogen and oxygen atoms in total. The molecule has 1 heterocycles. The Labute approximate surface area is 93.1 Å². The van der Waals surface area contributed by atoms with Gasteiger partial charge in [0.15, 0.2) is 5.82 Å². The van der Waals surface area contributed by atoms with E-state index in [1.807, 2.05) is 13.0 Å². The fourth-order valence-corrected chi connectivity index (χ4v) is 1.37. The Bertz CT molecular complexity index is 511. The van der Waals surface area contributed by atoms with Crippen molar-refractivity contribution in [3.63, 3.8) is 0 Å². The molecule has 1 aromatic carbocycles. The minimum absolute atomic E-state index is 0.295. The molecule has 0 amide bonds. The molecular formula is C12H12FN3. The van der Waals surface area contributed by atoms with Gasteiger partial charge in [-0.05, 0) is 36.8 Å². The fraction of sp³-hybridized carbons (Fsp3) is 0.0833. The van der Waals surface area contributed by atoms with Gasteiger partial charge in [0.25, 0.3) is 0 Å². The predicted molar refractivity (Wildman–Crippen MR) is 63.1 cm³/mol. The van der Waals surface area contributed by atoms with Gasteiger partial charge in [0.2, 0.25) is 0 Å². The van der Waals surface area contributed by atoms with E-state index in [1.54, 1.807) is 18.3 Å². The molecule has 0 fully saturated rings. The van der Waals surface area contributed by atoms with Crippen molar-refractivity contribution < 1.29 is 4.39 Å². The van der Waals surface area contributed by atoms with Crippen molar-refractivity contribution in [3.05, 3.63) is 47.9 Å². The molecule has 2 rings (SSSR count). The molecule has 16 heavy (non-hydrogen) atoms. The van der Waals surface area contributed by atoms with Crippen molar-refractivity contribution in [2.75, 3.05) is 11.1 Å². The summed E-state index contributed by atoms with van der Waals surface area (Å²) in [7, 11) is 0. The predicted octanol–water partition coefficient (Wildman–Crippen LogP) is 2.85. The van der Waals surface area contributed by atoms with E-state index in [0.29, 0.717) is 17.2 Å². The van der Waals surface area contributed by atoms with Crippen LogP contribution in [0.2, 0.25) is 0 Å². The summed E-state index contributed by atoms with van der Waals surface area (Å²) in [4.78, 5) is 4.11. The lowest BCUT2D eigenvalue weighted by molar-refractivity contribution is 0.628. The van der Waals surface area contributed by atoms with Crippen molar-refractivity contribution in [2.45, 2.75) is 6.92 Å². The van der Waals surface area contributed by atoms with E-state index in [1.165, 1.54) is 12.1 Å². The van der Waals surface area contributed by atoms with Gasteiger partial charge in [0, 0.05) is 11.9 Å². The summed E-state index contributed by atoms with van der Waals surface area (Å²) >= 11 is 0. The van der Waals surface area contributed by atoms with E-state index in [9.17, 15) is 4.39 Å². The van der Waals surface area contributed by atoms with Gasteiger partial charge in [0.05, 0.1) is 5.69 Å². The summed E-state index contributed by atoms with van der Waals surface area (Å²) in [6, 6.07) is 7.99. The summed E-state index contributed by atoms with van der Waals surface area (Å²) < 4.78 is 13.0. The molecule has 0 spiro atoms. The first-order valence-corrected chi connectivity index (χ1v) is 4.90. The summed E-state index contributed by atoms with van der Waals surface area (Å²) in [6.45, 7) is 1.90. The quantitative estimate of drug-likeness (QED) is 0.813. The minimum Gasteiger partial charge on any atom is -0.396 e. The van der Waals surface area contributed by atoms with Crippen molar-refractivity contribution in [3.8, 4) is 0 Å². The Morgan fingerprint density at radius 3 is 2.88 bits per heavy atom. The van der Waals surface area contributed by atoms with Crippen LogP contribution in [0.25, 0.3) is 0 Å². The Kier molecular flexibility index (Phi) is 2.72. The van der Waals surface area contributed by atoms with Crippen LogP contribution in [0, 0.1) is 12.7 Å². The second-order valence-electron chi connectivity index (χ2n) is 3.53. The van der Waals surface area contributed by atoms with Crippen LogP contribution in [0.5, 0.6) is 0 Å². The molecule has 0 aliphatic rings. The zero-order valence-corrected chi connectivity index (χ0v) is 8.87. The zero-order chi connectivity index (χ0) is 11.5. The van der Waals surface area contributed by atoms with Gasteiger partial charge in [-0.2, -0.15) is 0 Å². The van der Waals surface area contributed by atoms with E-state index < -0.39 is 0 Å². The third-order valence-electron chi connectivity index (χ3n) is 2.30. The van der Waals surface area contributed by atoms with Gasteiger partial charge in [0.1, 0.15) is 5.82 Å². The van der Waals surface area contributed by atoms with Crippen LogP contribution in [-0.4, -0.2) is 4.98 Å². The second kappa shape index (κ2) is 4.18. The molecule has 2 aromatic rings. The molecule has 4 heteroatoms. The number of benzene rings is 1. The monoisotopic (exact) mass is 217 g/mol. The summed E-state index contributed by atoms with van der Waals surface area (Å²) in [6.07, 6.45) is 1.66. The molecule has 3 N–H and O–H groups in total. The lowest BCUT2D eigenvalue weighted by Gasteiger charge is -2.09. The number of hydrogen-bond acceptors (Lipinski definition) is 3.